The molecule has 2 aromatic rings. The third kappa shape index (κ3) is 5.23. The molecule has 0 aliphatic heterocycles. The minimum absolute atomic E-state index is 0.0812. The van der Waals surface area contributed by atoms with Crippen LogP contribution in [0.1, 0.15) is 54.2 Å². The number of benzene rings is 1. The minimum atomic E-state index is -0.938. The van der Waals surface area contributed by atoms with E-state index < -0.39 is 17.9 Å². The standard InChI is InChI=1S/C23H27N3O4/c1-30-20(27)16-25-22(28)21(19-14-8-9-15-24-19)26(18-12-6-3-7-13-18)23(29)17-10-4-2-5-11-17/h2,4-5,8-11,14-15,18,21H,3,6-7,12-13,16H2,1H3,(H,25,28). The van der Waals surface area contributed by atoms with Crippen molar-refractivity contribution < 1.29 is 19.1 Å². The first kappa shape index (κ1) is 21.5. The highest BCUT2D eigenvalue weighted by molar-refractivity contribution is 5.98. The fourth-order valence-corrected chi connectivity index (χ4v) is 3.85. The van der Waals surface area contributed by atoms with Crippen molar-refractivity contribution in [1.29, 1.82) is 0 Å². The van der Waals surface area contributed by atoms with Crippen molar-refractivity contribution in [3.63, 3.8) is 0 Å². The van der Waals surface area contributed by atoms with Crippen LogP contribution < -0.4 is 5.32 Å². The van der Waals surface area contributed by atoms with Gasteiger partial charge in [0.1, 0.15) is 6.54 Å². The summed E-state index contributed by atoms with van der Waals surface area (Å²) in [4.78, 5) is 44.4. The van der Waals surface area contributed by atoms with Gasteiger partial charge in [0.25, 0.3) is 5.91 Å². The number of hydrogen-bond donors (Lipinski definition) is 1. The fourth-order valence-electron chi connectivity index (χ4n) is 3.85. The monoisotopic (exact) mass is 409 g/mol. The average Bonchev–Trinajstić information content (AvgIpc) is 2.82. The summed E-state index contributed by atoms with van der Waals surface area (Å²) < 4.78 is 4.63. The molecule has 0 spiro atoms. The Morgan fingerprint density at radius 3 is 2.40 bits per heavy atom. The normalized spacial score (nSPS) is 15.1. The lowest BCUT2D eigenvalue weighted by molar-refractivity contribution is -0.141. The molecule has 2 amide bonds. The van der Waals surface area contributed by atoms with Crippen LogP contribution in [0.15, 0.2) is 54.7 Å². The van der Waals surface area contributed by atoms with Gasteiger partial charge in [-0.05, 0) is 37.1 Å². The Morgan fingerprint density at radius 1 is 1.07 bits per heavy atom. The zero-order valence-corrected chi connectivity index (χ0v) is 17.1. The molecule has 1 atom stereocenters. The third-order valence-electron chi connectivity index (χ3n) is 5.35. The summed E-state index contributed by atoms with van der Waals surface area (Å²) in [7, 11) is 1.26. The summed E-state index contributed by atoms with van der Waals surface area (Å²) >= 11 is 0. The molecule has 158 valence electrons. The molecule has 0 bridgehead atoms. The Hall–Kier alpha value is -3.22. The van der Waals surface area contributed by atoms with E-state index in [1.165, 1.54) is 7.11 Å². The zero-order valence-electron chi connectivity index (χ0n) is 17.1. The van der Waals surface area contributed by atoms with Gasteiger partial charge in [-0.25, -0.2) is 0 Å². The number of ether oxygens (including phenoxy) is 1. The molecular formula is C23H27N3O4. The van der Waals surface area contributed by atoms with Crippen molar-refractivity contribution >= 4 is 17.8 Å². The molecule has 1 unspecified atom stereocenters. The Bertz CT molecular complexity index is 851. The van der Waals surface area contributed by atoms with Crippen LogP contribution in [-0.4, -0.2) is 47.4 Å². The van der Waals surface area contributed by atoms with Crippen molar-refractivity contribution in [3.05, 3.63) is 66.0 Å². The highest BCUT2D eigenvalue weighted by Crippen LogP contribution is 2.31. The van der Waals surface area contributed by atoms with Gasteiger partial charge in [0, 0.05) is 17.8 Å². The number of nitrogens with one attached hydrogen (secondary N) is 1. The summed E-state index contributed by atoms with van der Waals surface area (Å²) in [5.74, 6) is -1.22. The van der Waals surface area contributed by atoms with Gasteiger partial charge in [-0.3, -0.25) is 19.4 Å². The number of carbonyl (C=O) groups is 3. The predicted octanol–water partition coefficient (Wildman–Crippen LogP) is 2.89. The lowest BCUT2D eigenvalue weighted by Gasteiger charge is -2.39. The number of methoxy groups -OCH3 is 1. The summed E-state index contributed by atoms with van der Waals surface area (Å²) in [5.41, 5.74) is 0.986. The van der Waals surface area contributed by atoms with E-state index in [9.17, 15) is 14.4 Å². The van der Waals surface area contributed by atoms with Gasteiger partial charge in [-0.2, -0.15) is 0 Å². The first-order chi connectivity index (χ1) is 14.6. The van der Waals surface area contributed by atoms with E-state index in [0.717, 1.165) is 32.1 Å². The molecule has 1 saturated carbocycles. The van der Waals surface area contributed by atoms with Crippen LogP contribution in [0.4, 0.5) is 0 Å². The molecule has 1 aliphatic carbocycles. The molecule has 1 aliphatic rings. The quantitative estimate of drug-likeness (QED) is 0.711. The molecule has 1 aromatic carbocycles. The van der Waals surface area contributed by atoms with Gasteiger partial charge in [-0.1, -0.05) is 43.5 Å². The lowest BCUT2D eigenvalue weighted by atomic mass is 9.91. The maximum Gasteiger partial charge on any atom is 0.325 e. The maximum absolute atomic E-state index is 13.6. The van der Waals surface area contributed by atoms with Crippen molar-refractivity contribution in [2.75, 3.05) is 13.7 Å². The Morgan fingerprint density at radius 2 is 1.77 bits per heavy atom. The fraction of sp³-hybridized carbons (Fsp3) is 0.391. The molecule has 0 radical (unpaired) electrons. The average molecular weight is 409 g/mol. The Kier molecular flexibility index (Phi) is 7.54. The van der Waals surface area contributed by atoms with Crippen molar-refractivity contribution in [2.45, 2.75) is 44.2 Å². The molecule has 7 heteroatoms. The summed E-state index contributed by atoms with van der Waals surface area (Å²) in [6.07, 6.45) is 6.37. The second-order valence-electron chi connectivity index (χ2n) is 7.32. The molecular weight excluding hydrogens is 382 g/mol. The first-order valence-corrected chi connectivity index (χ1v) is 10.2. The van der Waals surface area contributed by atoms with Crippen LogP contribution in [-0.2, 0) is 14.3 Å². The molecule has 0 saturated heterocycles. The van der Waals surface area contributed by atoms with E-state index in [-0.39, 0.29) is 18.5 Å². The van der Waals surface area contributed by atoms with E-state index in [1.54, 1.807) is 53.6 Å². The number of pyridine rings is 1. The number of amides is 2. The third-order valence-corrected chi connectivity index (χ3v) is 5.35. The van der Waals surface area contributed by atoms with Gasteiger partial charge in [-0.15, -0.1) is 0 Å². The highest BCUT2D eigenvalue weighted by Gasteiger charge is 2.38. The molecule has 1 fully saturated rings. The second-order valence-corrected chi connectivity index (χ2v) is 7.32. The number of rotatable bonds is 7. The topological polar surface area (TPSA) is 88.6 Å². The largest absolute Gasteiger partial charge is 0.468 e. The molecule has 1 N–H and O–H groups in total. The van der Waals surface area contributed by atoms with Crippen LogP contribution in [0.25, 0.3) is 0 Å². The van der Waals surface area contributed by atoms with Gasteiger partial charge < -0.3 is 15.0 Å². The van der Waals surface area contributed by atoms with E-state index in [2.05, 4.69) is 15.0 Å². The number of carbonyl (C=O) groups excluding carboxylic acids is 3. The number of aromatic nitrogens is 1. The van der Waals surface area contributed by atoms with E-state index in [4.69, 9.17) is 0 Å². The Labute approximate surface area is 176 Å². The maximum atomic E-state index is 13.6. The SMILES string of the molecule is COC(=O)CNC(=O)C(c1ccccn1)N(C(=O)c1ccccc1)C1CCCCC1. The van der Waals surface area contributed by atoms with E-state index in [1.807, 2.05) is 6.07 Å². The van der Waals surface area contributed by atoms with E-state index >= 15 is 0 Å². The Balaban J connectivity index is 2.00. The molecule has 1 aromatic heterocycles. The first-order valence-electron chi connectivity index (χ1n) is 10.2. The molecule has 30 heavy (non-hydrogen) atoms. The van der Waals surface area contributed by atoms with Crippen LogP contribution in [0.5, 0.6) is 0 Å². The van der Waals surface area contributed by atoms with Crippen LogP contribution >= 0.6 is 0 Å². The lowest BCUT2D eigenvalue weighted by Crippen LogP contribution is -2.50. The van der Waals surface area contributed by atoms with Gasteiger partial charge >= 0.3 is 5.97 Å². The van der Waals surface area contributed by atoms with Crippen molar-refractivity contribution in [2.24, 2.45) is 0 Å². The zero-order chi connectivity index (χ0) is 21.3. The number of hydrogen-bond acceptors (Lipinski definition) is 5. The number of esters is 1. The highest BCUT2D eigenvalue weighted by atomic mass is 16.5. The van der Waals surface area contributed by atoms with Crippen molar-refractivity contribution in [3.8, 4) is 0 Å². The summed E-state index contributed by atoms with van der Waals surface area (Å²) in [6, 6.07) is 13.2. The predicted molar refractivity (Wildman–Crippen MR) is 111 cm³/mol. The molecule has 3 rings (SSSR count). The van der Waals surface area contributed by atoms with Crippen LogP contribution in [0, 0.1) is 0 Å². The second kappa shape index (κ2) is 10.5. The number of nitrogens with zero attached hydrogens (tertiary/aromatic N) is 2. The van der Waals surface area contributed by atoms with Crippen LogP contribution in [0.3, 0.4) is 0 Å². The van der Waals surface area contributed by atoms with Gasteiger partial charge in [0.05, 0.1) is 12.8 Å². The van der Waals surface area contributed by atoms with E-state index in [0.29, 0.717) is 11.3 Å². The smallest absolute Gasteiger partial charge is 0.325 e. The summed E-state index contributed by atoms with van der Waals surface area (Å²) in [5, 5.41) is 2.61. The van der Waals surface area contributed by atoms with Gasteiger partial charge in [0.2, 0.25) is 5.91 Å². The van der Waals surface area contributed by atoms with Gasteiger partial charge in [0.15, 0.2) is 6.04 Å². The molecule has 1 heterocycles. The minimum Gasteiger partial charge on any atom is -0.468 e. The van der Waals surface area contributed by atoms with Crippen LogP contribution in [0.2, 0.25) is 0 Å². The van der Waals surface area contributed by atoms with Crippen molar-refractivity contribution in [1.82, 2.24) is 15.2 Å². The summed E-state index contributed by atoms with van der Waals surface area (Å²) in [6.45, 7) is -0.267. The molecule has 7 nitrogen and oxygen atoms in total.